The summed E-state index contributed by atoms with van der Waals surface area (Å²) in [4.78, 5) is 115. The fourth-order valence-electron chi connectivity index (χ4n) is 8.10. The zero-order valence-electron chi connectivity index (χ0n) is 41.6. The molecule has 1 aliphatic heterocycles. The lowest BCUT2D eigenvalue weighted by Crippen LogP contribution is -2.36. The van der Waals surface area contributed by atoms with Gasteiger partial charge in [0.1, 0.15) is 17.1 Å². The van der Waals surface area contributed by atoms with Crippen molar-refractivity contribution in [3.05, 3.63) is 200 Å². The Balaban J connectivity index is 1.20. The summed E-state index contributed by atoms with van der Waals surface area (Å²) < 4.78 is 0. The Morgan fingerprint density at radius 3 is 1.16 bits per heavy atom. The average Bonchev–Trinajstić information content (AvgIpc) is 3.52. The van der Waals surface area contributed by atoms with Gasteiger partial charge in [0.05, 0.1) is 39.3 Å². The molecule has 0 spiro atoms. The van der Waals surface area contributed by atoms with Gasteiger partial charge in [-0.3, -0.25) is 24.3 Å². The summed E-state index contributed by atoms with van der Waals surface area (Å²) in [6, 6.07) is 22.9. The molecule has 21 heteroatoms. The van der Waals surface area contributed by atoms with Crippen LogP contribution in [-0.2, 0) is 24.4 Å². The molecular weight excluding hydrogens is 1020 g/mol. The van der Waals surface area contributed by atoms with Crippen LogP contribution in [0, 0.1) is 35.5 Å². The Morgan fingerprint density at radius 2 is 0.797 bits per heavy atom. The summed E-state index contributed by atoms with van der Waals surface area (Å²) >= 11 is 0. The molecule has 396 valence electrons. The maximum absolute atomic E-state index is 12.4. The van der Waals surface area contributed by atoms with Crippen molar-refractivity contribution in [3.63, 3.8) is 0 Å². The fraction of sp³-hybridized carbons (Fsp3) is 0.155. The Labute approximate surface area is 450 Å². The van der Waals surface area contributed by atoms with Crippen molar-refractivity contribution in [3.8, 4) is 35.5 Å². The second-order valence-corrected chi connectivity index (χ2v) is 17.6. The number of pyridine rings is 3. The van der Waals surface area contributed by atoms with Crippen LogP contribution in [0.15, 0.2) is 110 Å². The van der Waals surface area contributed by atoms with Gasteiger partial charge >= 0.3 is 35.8 Å². The molecule has 0 unspecified atom stereocenters. The molecule has 0 saturated carbocycles. The minimum absolute atomic E-state index is 0.0574. The molecule has 1 aliphatic rings. The van der Waals surface area contributed by atoms with Gasteiger partial charge in [-0.05, 0) is 103 Å². The van der Waals surface area contributed by atoms with E-state index >= 15 is 0 Å². The smallest absolute Gasteiger partial charge is 0.354 e. The number of nitrogens with one attached hydrogen (secondary N) is 1. The third kappa shape index (κ3) is 15.7. The fourth-order valence-corrected chi connectivity index (χ4v) is 8.10. The summed E-state index contributed by atoms with van der Waals surface area (Å²) in [5, 5.41) is 61.0. The monoisotopic (exact) mass is 1060 g/mol. The van der Waals surface area contributed by atoms with Gasteiger partial charge in [0.2, 0.25) is 5.91 Å². The number of carboxylic acids is 6. The van der Waals surface area contributed by atoms with Gasteiger partial charge in [0.15, 0.2) is 6.29 Å². The van der Waals surface area contributed by atoms with Crippen molar-refractivity contribution >= 4 is 53.7 Å². The van der Waals surface area contributed by atoms with E-state index in [4.69, 9.17) is 0 Å². The second-order valence-electron chi connectivity index (χ2n) is 17.6. The lowest BCUT2D eigenvalue weighted by Gasteiger charge is -2.25. The van der Waals surface area contributed by atoms with Crippen molar-refractivity contribution in [1.82, 2.24) is 29.7 Å². The molecule has 79 heavy (non-hydrogen) atoms. The van der Waals surface area contributed by atoms with Gasteiger partial charge in [0.25, 0.3) is 0 Å². The lowest BCUT2D eigenvalue weighted by molar-refractivity contribution is -0.111. The molecule has 6 aromatic rings. The highest BCUT2D eigenvalue weighted by atomic mass is 16.4. The average molecular weight is 1060 g/mol. The minimum Gasteiger partial charge on any atom is -0.478 e. The minimum atomic E-state index is -1.47. The van der Waals surface area contributed by atoms with Gasteiger partial charge in [-0.15, -0.1) is 0 Å². The van der Waals surface area contributed by atoms with E-state index in [-0.39, 0.29) is 59.3 Å². The van der Waals surface area contributed by atoms with Crippen LogP contribution >= 0.6 is 0 Å². The Morgan fingerprint density at radius 1 is 0.443 bits per heavy atom. The number of aldehydes is 1. The first-order valence-corrected chi connectivity index (χ1v) is 23.8. The van der Waals surface area contributed by atoms with Crippen molar-refractivity contribution < 1.29 is 69.0 Å². The molecule has 1 saturated heterocycles. The number of anilines is 1. The molecule has 7 rings (SSSR count). The lowest BCUT2D eigenvalue weighted by atomic mass is 10.0. The van der Waals surface area contributed by atoms with Crippen molar-refractivity contribution in [2.24, 2.45) is 0 Å². The van der Waals surface area contributed by atoms with Crippen LogP contribution in [0.1, 0.15) is 123 Å². The highest BCUT2D eigenvalue weighted by molar-refractivity contribution is 6.03. The molecule has 0 bridgehead atoms. The molecule has 4 heterocycles. The summed E-state index contributed by atoms with van der Waals surface area (Å²) in [5.74, 6) is 8.67. The number of aromatic nitrogens is 3. The van der Waals surface area contributed by atoms with Gasteiger partial charge in [-0.1, -0.05) is 42.1 Å². The highest BCUT2D eigenvalue weighted by Crippen LogP contribution is 2.18. The van der Waals surface area contributed by atoms with Gasteiger partial charge < -0.3 is 36.0 Å². The van der Waals surface area contributed by atoms with Crippen LogP contribution in [0.4, 0.5) is 5.69 Å². The van der Waals surface area contributed by atoms with E-state index in [9.17, 15) is 69.0 Å². The Kier molecular flexibility index (Phi) is 18.3. The summed E-state index contributed by atoms with van der Waals surface area (Å²) in [6.45, 7) is 6.27. The maximum Gasteiger partial charge on any atom is 0.354 e. The van der Waals surface area contributed by atoms with Crippen LogP contribution in [0.25, 0.3) is 0 Å². The number of nitrogens with zero attached hydrogens (tertiary/aromatic N) is 6. The number of carbonyl (C=O) groups excluding carboxylic acids is 2. The zero-order valence-corrected chi connectivity index (χ0v) is 41.6. The molecular formula is C58H45N7O14. The Hall–Kier alpha value is -10.6. The first-order valence-electron chi connectivity index (χ1n) is 23.8. The molecule has 3 aromatic heterocycles. The predicted octanol–water partition coefficient (Wildman–Crippen LogP) is 5.02. The number of hydrogen-bond donors (Lipinski definition) is 7. The zero-order chi connectivity index (χ0) is 56.8. The Bertz CT molecular complexity index is 3670. The largest absolute Gasteiger partial charge is 0.478 e. The third-order valence-electron chi connectivity index (χ3n) is 11.9. The summed E-state index contributed by atoms with van der Waals surface area (Å²) in [5.41, 5.74) is 1.35. The van der Waals surface area contributed by atoms with Gasteiger partial charge in [-0.25, -0.2) is 43.7 Å². The molecule has 1 amide bonds. The third-order valence-corrected chi connectivity index (χ3v) is 11.9. The van der Waals surface area contributed by atoms with E-state index < -0.39 is 58.1 Å². The second kappa shape index (κ2) is 25.7. The molecule has 3 aromatic carbocycles. The predicted molar refractivity (Wildman–Crippen MR) is 282 cm³/mol. The number of carbonyl (C=O) groups is 8. The molecule has 0 radical (unpaired) electrons. The molecule has 0 atom stereocenters. The quantitative estimate of drug-likeness (QED) is 0.0403. The van der Waals surface area contributed by atoms with Gasteiger partial charge in [0, 0.05) is 98.0 Å². The van der Waals surface area contributed by atoms with Crippen molar-refractivity contribution in [2.45, 2.75) is 19.6 Å². The number of hydrogen-bond acceptors (Lipinski definition) is 14. The molecule has 21 nitrogen and oxygen atoms in total. The maximum atomic E-state index is 12.4. The number of amides is 1. The van der Waals surface area contributed by atoms with E-state index in [0.29, 0.717) is 85.0 Å². The number of carboxylic acid groups (broad SMARTS) is 6. The van der Waals surface area contributed by atoms with E-state index in [2.05, 4.69) is 72.2 Å². The van der Waals surface area contributed by atoms with E-state index in [0.717, 1.165) is 30.3 Å². The standard InChI is InChI=1S/C58H45N7O14/c1-2-52(67)62-41-13-9-35(10-14-41)3-6-39-24-43(60-50(29-39)57(76)77)32-64-19-17-63(31-42-23-38(26-45(34-66)59-42)7-4-36-11-15-46(53(68)69)48(27-36)55(72)73)18-20-65(22-21-64)33-44-25-40(30-51(61-44)58(78)79)8-5-37-12-16-47(54(70)71)49(28-37)56(74)75/h2,9-16,23-30,34H,1,17-22,31-33H2,(H,62,67)(H,68,69)(H,70,71)(H,72,73)(H,74,75)(H,76,77)(H,78,79). The van der Waals surface area contributed by atoms with Crippen molar-refractivity contribution in [1.29, 1.82) is 0 Å². The van der Waals surface area contributed by atoms with Crippen LogP contribution in [0.3, 0.4) is 0 Å². The van der Waals surface area contributed by atoms with E-state index in [1.807, 2.05) is 4.90 Å². The van der Waals surface area contributed by atoms with E-state index in [1.54, 1.807) is 42.5 Å². The first-order chi connectivity index (χ1) is 37.8. The van der Waals surface area contributed by atoms with Crippen LogP contribution in [-0.4, -0.2) is 148 Å². The summed E-state index contributed by atoms with van der Waals surface area (Å²) in [7, 11) is 0. The topological polar surface area (TPSA) is 318 Å². The van der Waals surface area contributed by atoms with Crippen LogP contribution in [0.5, 0.6) is 0 Å². The molecule has 7 N–H and O–H groups in total. The van der Waals surface area contributed by atoms with Crippen molar-refractivity contribution in [2.75, 3.05) is 44.6 Å². The summed E-state index contributed by atoms with van der Waals surface area (Å²) in [6.07, 6.45) is 1.70. The first kappa shape index (κ1) is 56.1. The normalized spacial score (nSPS) is 12.7. The van der Waals surface area contributed by atoms with Gasteiger partial charge in [-0.2, -0.15) is 0 Å². The number of rotatable bonds is 15. The highest BCUT2D eigenvalue weighted by Gasteiger charge is 2.22. The molecule has 1 fully saturated rings. The SMILES string of the molecule is C=CC(=O)Nc1ccc(C#Cc2cc(CN3CCN(Cc4cc(C#Cc5ccc(C(=O)O)c(C(=O)O)c5)cc(C=O)n4)CCN(Cc4cc(C#Cc5ccc(C(=O)O)c(C(=O)O)c5)cc(C(=O)O)n4)CC3)nc(C(=O)O)c2)cc1. The van der Waals surface area contributed by atoms with E-state index in [1.165, 1.54) is 30.3 Å². The van der Waals surface area contributed by atoms with Crippen LogP contribution < -0.4 is 5.32 Å². The number of aromatic carboxylic acids is 6. The van der Waals surface area contributed by atoms with Crippen LogP contribution in [0.2, 0.25) is 0 Å². The number of benzene rings is 3. The molecule has 0 aliphatic carbocycles.